The van der Waals surface area contributed by atoms with Gasteiger partial charge in [-0.3, -0.25) is 10.3 Å². The van der Waals surface area contributed by atoms with Crippen LogP contribution in [0.2, 0.25) is 5.02 Å². The van der Waals surface area contributed by atoms with Gasteiger partial charge in [0.15, 0.2) is 5.82 Å². The van der Waals surface area contributed by atoms with Crippen LogP contribution in [0.4, 0.5) is 16.3 Å². The van der Waals surface area contributed by atoms with Crippen molar-refractivity contribution in [3.63, 3.8) is 0 Å². The molecule has 0 aliphatic carbocycles. The number of likely N-dealkylation sites (tertiary alicyclic amines) is 1. The Morgan fingerprint density at radius 3 is 2.81 bits per heavy atom. The van der Waals surface area contributed by atoms with Crippen LogP contribution in [0.15, 0.2) is 30.6 Å². The molecule has 1 aromatic carbocycles. The molecule has 0 spiro atoms. The number of rotatable bonds is 4. The lowest BCUT2D eigenvalue weighted by Crippen LogP contribution is -2.38. The number of nitrogens with zero attached hydrogens (tertiary/aromatic N) is 4. The molecular formula is C22H29ClN6O2. The largest absolute Gasteiger partial charge is 0.378 e. The maximum Gasteiger partial charge on any atom is 0.320 e. The average molecular weight is 445 g/mol. The second-order valence-electron chi connectivity index (χ2n) is 8.08. The predicted molar refractivity (Wildman–Crippen MR) is 123 cm³/mol. The summed E-state index contributed by atoms with van der Waals surface area (Å²) in [6.45, 7) is 5.12. The van der Waals surface area contributed by atoms with E-state index in [0.29, 0.717) is 29.7 Å². The molecule has 3 heterocycles. The summed E-state index contributed by atoms with van der Waals surface area (Å²) >= 11 is 6.55. The Hall–Kier alpha value is -2.42. The van der Waals surface area contributed by atoms with Crippen LogP contribution in [0.1, 0.15) is 19.3 Å². The van der Waals surface area contributed by atoms with Crippen molar-refractivity contribution in [2.75, 3.05) is 56.7 Å². The van der Waals surface area contributed by atoms with Crippen LogP contribution in [0.5, 0.6) is 0 Å². The second-order valence-corrected chi connectivity index (χ2v) is 8.49. The number of benzene rings is 1. The Labute approximate surface area is 187 Å². The van der Waals surface area contributed by atoms with Crippen molar-refractivity contribution in [3.8, 4) is 11.3 Å². The zero-order valence-corrected chi connectivity index (χ0v) is 18.6. The number of morpholine rings is 1. The van der Waals surface area contributed by atoms with Gasteiger partial charge in [0.2, 0.25) is 0 Å². The molecule has 0 radical (unpaired) electrons. The summed E-state index contributed by atoms with van der Waals surface area (Å²) in [5, 5.41) is 6.54. The Morgan fingerprint density at radius 1 is 1.16 bits per heavy atom. The molecule has 1 atom stereocenters. The molecular weight excluding hydrogens is 416 g/mol. The molecule has 166 valence electrons. The number of carbonyl (C=O) groups is 1. The van der Waals surface area contributed by atoms with Gasteiger partial charge < -0.3 is 19.9 Å². The fraction of sp³-hybridized carbons (Fsp3) is 0.500. The lowest BCUT2D eigenvalue weighted by molar-refractivity contribution is 0.122. The molecule has 2 aliphatic heterocycles. The third kappa shape index (κ3) is 5.84. The van der Waals surface area contributed by atoms with Gasteiger partial charge in [0.05, 0.1) is 42.0 Å². The molecule has 2 N–H and O–H groups in total. The molecule has 4 rings (SSSR count). The van der Waals surface area contributed by atoms with E-state index in [1.165, 1.54) is 0 Å². The normalized spacial score (nSPS) is 20.2. The van der Waals surface area contributed by atoms with Crippen LogP contribution in [0.25, 0.3) is 11.3 Å². The summed E-state index contributed by atoms with van der Waals surface area (Å²) in [7, 11) is 2.11. The molecule has 31 heavy (non-hydrogen) atoms. The minimum Gasteiger partial charge on any atom is -0.378 e. The zero-order chi connectivity index (χ0) is 21.6. The van der Waals surface area contributed by atoms with Crippen molar-refractivity contribution in [1.82, 2.24) is 20.2 Å². The lowest BCUT2D eigenvalue weighted by Gasteiger charge is -2.29. The van der Waals surface area contributed by atoms with Gasteiger partial charge in [-0.05, 0) is 51.5 Å². The van der Waals surface area contributed by atoms with Crippen LogP contribution in [-0.4, -0.2) is 73.4 Å². The molecule has 2 aromatic rings. The fourth-order valence-corrected chi connectivity index (χ4v) is 4.31. The van der Waals surface area contributed by atoms with Crippen molar-refractivity contribution >= 4 is 29.1 Å². The number of urea groups is 1. The van der Waals surface area contributed by atoms with Gasteiger partial charge in [-0.1, -0.05) is 17.7 Å². The van der Waals surface area contributed by atoms with Gasteiger partial charge in [0.25, 0.3) is 0 Å². The predicted octanol–water partition coefficient (Wildman–Crippen LogP) is 3.24. The van der Waals surface area contributed by atoms with E-state index in [9.17, 15) is 4.79 Å². The highest BCUT2D eigenvalue weighted by Crippen LogP contribution is 2.31. The zero-order valence-electron chi connectivity index (χ0n) is 17.8. The lowest BCUT2D eigenvalue weighted by atomic mass is 10.1. The number of hydrogen-bond acceptors (Lipinski definition) is 6. The maximum absolute atomic E-state index is 12.5. The van der Waals surface area contributed by atoms with Crippen molar-refractivity contribution in [2.24, 2.45) is 0 Å². The van der Waals surface area contributed by atoms with Crippen molar-refractivity contribution < 1.29 is 9.53 Å². The van der Waals surface area contributed by atoms with Gasteiger partial charge in [-0.15, -0.1) is 0 Å². The third-order valence-electron chi connectivity index (χ3n) is 5.76. The van der Waals surface area contributed by atoms with Crippen LogP contribution in [0, 0.1) is 0 Å². The van der Waals surface area contributed by atoms with Gasteiger partial charge >= 0.3 is 6.03 Å². The highest BCUT2D eigenvalue weighted by molar-refractivity contribution is 6.33. The Kier molecular flexibility index (Phi) is 7.21. The summed E-state index contributed by atoms with van der Waals surface area (Å²) < 4.78 is 5.41. The third-order valence-corrected chi connectivity index (χ3v) is 6.06. The first-order chi connectivity index (χ1) is 15.1. The van der Waals surface area contributed by atoms with Crippen LogP contribution in [0.3, 0.4) is 0 Å². The minimum absolute atomic E-state index is 0.174. The molecule has 2 aliphatic rings. The molecule has 9 heteroatoms. The van der Waals surface area contributed by atoms with E-state index in [-0.39, 0.29) is 12.1 Å². The summed E-state index contributed by atoms with van der Waals surface area (Å²) in [6, 6.07) is 5.80. The van der Waals surface area contributed by atoms with Crippen LogP contribution >= 0.6 is 11.6 Å². The first-order valence-electron chi connectivity index (χ1n) is 10.8. The Bertz CT molecular complexity index is 905. The molecule has 2 amide bonds. The number of nitrogens with one attached hydrogen (secondary N) is 2. The van der Waals surface area contributed by atoms with Gasteiger partial charge in [-0.2, -0.15) is 0 Å². The topological polar surface area (TPSA) is 82.6 Å². The van der Waals surface area contributed by atoms with E-state index in [4.69, 9.17) is 16.3 Å². The number of amides is 2. The first-order valence-corrected chi connectivity index (χ1v) is 11.2. The van der Waals surface area contributed by atoms with Crippen LogP contribution in [-0.2, 0) is 4.74 Å². The number of carbonyl (C=O) groups excluding carboxylic acids is 1. The van der Waals surface area contributed by atoms with E-state index in [1.807, 2.05) is 18.2 Å². The summed E-state index contributed by atoms with van der Waals surface area (Å²) in [6.07, 6.45) is 6.23. The Balaban J connectivity index is 1.41. The van der Waals surface area contributed by atoms with E-state index < -0.39 is 0 Å². The SMILES string of the molecule is CN1CCCC(NC(=O)Nc2cncc(-c3ccc(N4CCOCC4)c(Cl)c3)n2)CC1. The van der Waals surface area contributed by atoms with E-state index in [1.54, 1.807) is 12.4 Å². The molecule has 2 fully saturated rings. The molecule has 0 saturated carbocycles. The van der Waals surface area contributed by atoms with E-state index in [2.05, 4.69) is 37.4 Å². The molecule has 0 bridgehead atoms. The summed E-state index contributed by atoms with van der Waals surface area (Å²) in [4.78, 5) is 25.8. The highest BCUT2D eigenvalue weighted by atomic mass is 35.5. The molecule has 1 aromatic heterocycles. The number of aromatic nitrogens is 2. The monoisotopic (exact) mass is 444 g/mol. The summed E-state index contributed by atoms with van der Waals surface area (Å²) in [5.41, 5.74) is 2.50. The average Bonchev–Trinajstić information content (AvgIpc) is 2.98. The number of halogens is 1. The Morgan fingerprint density at radius 2 is 2.00 bits per heavy atom. The second kappa shape index (κ2) is 10.3. The van der Waals surface area contributed by atoms with E-state index in [0.717, 1.165) is 56.7 Å². The number of ether oxygens (including phenoxy) is 1. The quantitative estimate of drug-likeness (QED) is 0.753. The summed E-state index contributed by atoms with van der Waals surface area (Å²) in [5.74, 6) is 0.411. The number of anilines is 2. The molecule has 8 nitrogen and oxygen atoms in total. The van der Waals surface area contributed by atoms with Gasteiger partial charge in [-0.25, -0.2) is 9.78 Å². The molecule has 1 unspecified atom stereocenters. The fourth-order valence-electron chi connectivity index (χ4n) is 4.01. The standard InChI is InChI=1S/C22H29ClN6O2/c1-28-7-2-3-17(6-8-28)25-22(30)27-21-15-24-14-19(26-21)16-4-5-20(18(23)13-16)29-9-11-31-12-10-29/h4-5,13-15,17H,2-3,6-12H2,1H3,(H2,25,26,27,30). The smallest absolute Gasteiger partial charge is 0.320 e. The van der Waals surface area contributed by atoms with Gasteiger partial charge in [0.1, 0.15) is 0 Å². The van der Waals surface area contributed by atoms with Crippen molar-refractivity contribution in [2.45, 2.75) is 25.3 Å². The highest BCUT2D eigenvalue weighted by Gasteiger charge is 2.18. The van der Waals surface area contributed by atoms with Gasteiger partial charge in [0, 0.05) is 24.7 Å². The molecule has 2 saturated heterocycles. The number of hydrogen-bond donors (Lipinski definition) is 2. The maximum atomic E-state index is 12.5. The minimum atomic E-state index is -0.248. The van der Waals surface area contributed by atoms with Crippen LogP contribution < -0.4 is 15.5 Å². The van der Waals surface area contributed by atoms with Crippen molar-refractivity contribution in [3.05, 3.63) is 35.6 Å². The van der Waals surface area contributed by atoms with Crippen molar-refractivity contribution in [1.29, 1.82) is 0 Å². The van der Waals surface area contributed by atoms with E-state index >= 15 is 0 Å². The first kappa shape index (κ1) is 21.8.